The molecule has 698 valence electrons. The van der Waals surface area contributed by atoms with Gasteiger partial charge in [0.05, 0.1) is 16.2 Å². The van der Waals surface area contributed by atoms with Gasteiger partial charge in [0.1, 0.15) is 20.6 Å². The molecule has 0 aliphatic carbocycles. The number of anilines is 2. The first-order chi connectivity index (χ1) is 63.7. The van der Waals surface area contributed by atoms with Crippen LogP contribution in [-0.2, 0) is 70.1 Å². The Kier molecular flexibility index (Phi) is 45.9. The van der Waals surface area contributed by atoms with E-state index in [2.05, 4.69) is 413 Å². The van der Waals surface area contributed by atoms with Gasteiger partial charge in [-0.3, -0.25) is 9.59 Å². The van der Waals surface area contributed by atoms with Crippen molar-refractivity contribution < 1.29 is 215 Å². The zero-order chi connectivity index (χ0) is 97.6. The van der Waals surface area contributed by atoms with Gasteiger partial charge in [-0.1, -0.05) is 197 Å². The van der Waals surface area contributed by atoms with Crippen molar-refractivity contribution in [2.24, 2.45) is 0 Å². The normalized spacial score (nSPS) is 15.9. The van der Waals surface area contributed by atoms with Crippen LogP contribution in [0.4, 0.5) is 28.4 Å². The Morgan fingerprint density at radius 2 is 0.854 bits per heavy atom. The Hall–Kier alpha value is -7.08. The van der Waals surface area contributed by atoms with Crippen LogP contribution >= 0.6 is 31.9 Å². The minimum absolute atomic E-state index is 0. The van der Waals surface area contributed by atoms with E-state index in [9.17, 15) is 9.59 Å². The molecule has 2 N–H and O–H groups in total. The molecule has 0 radical (unpaired) electrons. The summed E-state index contributed by atoms with van der Waals surface area (Å²) in [6.45, 7) is 39.4. The molecule has 5 aliphatic rings. The Balaban J connectivity index is 0.000000270. The fraction of sp³-hybridized carbons (Fsp3) is 0.306. The van der Waals surface area contributed by atoms with E-state index in [1.165, 1.54) is 148 Å². The monoisotopic (exact) mass is 2100 g/mol. The maximum absolute atomic E-state index is 13.1. The van der Waals surface area contributed by atoms with Crippen molar-refractivity contribution >= 4 is 159 Å². The predicted molar refractivity (Wildman–Crippen MR) is 553 cm³/mol. The second kappa shape index (κ2) is 53.9. The van der Waals surface area contributed by atoms with Crippen LogP contribution < -0.4 is 175 Å². The summed E-state index contributed by atoms with van der Waals surface area (Å²) in [5, 5.41) is 13.5. The molecule has 137 heavy (non-hydrogen) atoms. The second-order valence-electron chi connectivity index (χ2n) is 36.2. The molecule has 15 rings (SSSR count). The van der Waals surface area contributed by atoms with Gasteiger partial charge >= 0.3 is 186 Å². The fourth-order valence-corrected chi connectivity index (χ4v) is 19.3. The quantitative estimate of drug-likeness (QED) is 0.0129. The average Bonchev–Trinajstić information content (AvgIpc) is 1.58. The molecule has 0 unspecified atom stereocenters. The van der Waals surface area contributed by atoms with E-state index in [4.69, 9.17) is 37.9 Å². The number of unbranched alkanes of at least 4 members (excludes halogenated alkanes) is 3. The van der Waals surface area contributed by atoms with E-state index in [1.807, 2.05) is 42.5 Å². The Morgan fingerprint density at radius 3 is 1.31 bits per heavy atom. The van der Waals surface area contributed by atoms with E-state index in [0.29, 0.717) is 30.6 Å². The van der Waals surface area contributed by atoms with Crippen LogP contribution in [0.15, 0.2) is 293 Å². The number of allylic oxidation sites excluding steroid dienone is 16. The number of fused-ring (bicyclic) bond motifs is 11. The molecule has 0 bridgehead atoms. The standard InChI is InChI=1S/C48H54N4O2.C34H37BrN2.C29H30BrN.3K.3O3S/c1-9-10-32-52-41-27-24-36-16-11-12-17-38(36)44(41)48(6,7)43(52)29-26-35(25-28-42-47(4,5)39-18-13-14-19-40(39)51(42)8)34-20-22-37(23-21-34)46(54)50-31-15-30-49-45(53)33(2)3;1-7-8-23-37-29-20-17-24-13-9-10-14-26(24)32(29)34(4,5)31(37)22-19-25(35)18-21-30-33(2,3)27-15-11-12-16-28(27)36(30)6;1-4-5-21-31-26-19-16-23-13-9-10-14-25(23)28(26)29(2,3)27(31)20-18-24(30)17-15-22-11-7-6-8-12-22;;;;3*1-4(2)3/h12-14,16-29H,2,9-10,15,30-32H2,1,3-8H3,(H,49,53)(H,50,54);10-22H,7-8,23H2,1-6H3;6-8,10-14,16-20H,4-5,15,21H2,1-3H3;;;;;;/q;;;3*+1;;;/b;;20-18+,24-17-;;;;;;. The van der Waals surface area contributed by atoms with E-state index >= 15 is 0 Å². The number of hydrogen-bond donors (Lipinski definition) is 2. The molecule has 0 aromatic heterocycles. The third kappa shape index (κ3) is 29.1. The molecule has 0 spiro atoms. The Labute approximate surface area is 959 Å². The summed E-state index contributed by atoms with van der Waals surface area (Å²) in [6.07, 6.45) is 33.2. The summed E-state index contributed by atoms with van der Waals surface area (Å²) < 4.78 is 85.3. The maximum atomic E-state index is 13.1. The zero-order valence-electron chi connectivity index (χ0n) is 82.4. The van der Waals surface area contributed by atoms with Gasteiger partial charge in [0.25, 0.3) is 5.91 Å². The number of para-hydroxylation sites is 2. The van der Waals surface area contributed by atoms with Gasteiger partial charge in [0, 0.05) is 133 Å². The largest absolute Gasteiger partial charge is 1.00 e. The van der Waals surface area contributed by atoms with Crippen molar-refractivity contribution in [3.8, 4) is 0 Å². The number of carbonyl (C=O) groups is 2. The van der Waals surface area contributed by atoms with E-state index in [0.717, 1.165) is 59.0 Å². The fourth-order valence-electron chi connectivity index (χ4n) is 18.8. The zero-order valence-corrected chi connectivity index (χ0v) is 97.4. The van der Waals surface area contributed by atoms with Gasteiger partial charge < -0.3 is 20.4 Å². The summed E-state index contributed by atoms with van der Waals surface area (Å²) in [4.78, 5) is 29.9. The summed E-state index contributed by atoms with van der Waals surface area (Å²) in [7, 11) is -5.02. The number of amides is 2. The summed E-state index contributed by atoms with van der Waals surface area (Å²) in [5.74, 6) is -0.306. The van der Waals surface area contributed by atoms with Crippen LogP contribution in [0.2, 0.25) is 0 Å². The van der Waals surface area contributed by atoms with Gasteiger partial charge in [-0.25, -0.2) is 0 Å². The molecule has 5 heterocycles. The summed E-state index contributed by atoms with van der Waals surface area (Å²) >= 11 is 7.61. The Morgan fingerprint density at radius 1 is 0.445 bits per heavy atom. The number of halogens is 2. The first-order valence-corrected chi connectivity index (χ1v) is 49.8. The van der Waals surface area contributed by atoms with Crippen molar-refractivity contribution in [1.29, 1.82) is 0 Å². The van der Waals surface area contributed by atoms with Crippen LogP contribution in [-0.4, -0.2) is 127 Å². The van der Waals surface area contributed by atoms with Gasteiger partial charge in [-0.15, -0.1) is 88.4 Å². The first-order valence-electron chi connectivity index (χ1n) is 45.2. The third-order valence-electron chi connectivity index (χ3n) is 25.4. The SMILES string of the molecule is C=C(C)C(=O)NCCCNC(=O)c1ccc(C(C=CC2=[N+](C)c3ccccc3C2(C)C)=CC=C2N(CCCC)c3ccc4c[c-]ccc4c3C2(C)C)cc1.CCCCN1C(=CC=C(Br)C=CC2=[N+](C)c3ccccc3C2(C)C)C(C)(C)c2c1ccc1c[c-]ccc21.CCCC[N+]1=C(/C=C/C(Br)=C/Cc2ccccc2)C(C)(C)c2c1ccc1c[c-]ccc21.O=S(=O)=O.O=S(=O)=O.O=S(=O)=O.[K+].[K+].[K+]. The maximum Gasteiger partial charge on any atom is 1.00 e. The van der Waals surface area contributed by atoms with Crippen LogP contribution in [0.25, 0.3) is 37.9 Å². The van der Waals surface area contributed by atoms with Gasteiger partial charge in [-0.05, 0) is 169 Å². The first kappa shape index (κ1) is 117. The van der Waals surface area contributed by atoms with Gasteiger partial charge in [-0.2, -0.15) is 86.5 Å². The predicted octanol–water partition coefficient (Wildman–Crippen LogP) is 14.4. The van der Waals surface area contributed by atoms with Crippen LogP contribution in [0, 0.1) is 18.2 Å². The molecule has 5 aliphatic heterocycles. The molecule has 0 saturated heterocycles. The molecular formula is C111H121Br2K3N7O11S3+3. The second-order valence-corrected chi connectivity index (χ2v) is 39.2. The molecule has 0 fully saturated rings. The molecule has 18 nitrogen and oxygen atoms in total. The molecule has 26 heteroatoms. The number of nitrogens with one attached hydrogen (secondary N) is 2. The minimum atomic E-state index is -3.11. The molecule has 10 aromatic rings. The number of benzene rings is 10. The third-order valence-corrected chi connectivity index (χ3v) is 26.5. The van der Waals surface area contributed by atoms with Gasteiger partial charge in [0.15, 0.2) is 17.1 Å². The van der Waals surface area contributed by atoms with Crippen molar-refractivity contribution in [1.82, 2.24) is 10.6 Å². The van der Waals surface area contributed by atoms with Crippen LogP contribution in [0.1, 0.15) is 191 Å². The Bertz CT molecular complexity index is 6770. The van der Waals surface area contributed by atoms with Crippen molar-refractivity contribution in [3.63, 3.8) is 0 Å². The summed E-state index contributed by atoms with van der Waals surface area (Å²) in [5.41, 5.74) is 23.8. The molecule has 0 atom stereocenters. The van der Waals surface area contributed by atoms with Crippen molar-refractivity contribution in [3.05, 3.63) is 356 Å². The molecule has 0 saturated carbocycles. The summed E-state index contributed by atoms with van der Waals surface area (Å²) in [6, 6.07) is 78.1. The van der Waals surface area contributed by atoms with Crippen LogP contribution in [0.5, 0.6) is 0 Å². The number of rotatable bonds is 26. The van der Waals surface area contributed by atoms with E-state index in [1.54, 1.807) is 6.92 Å². The average molecular weight is 2100 g/mol. The van der Waals surface area contributed by atoms with Crippen molar-refractivity contribution in [2.45, 2.75) is 175 Å². The number of carbonyl (C=O) groups excluding carboxylic acids is 2. The van der Waals surface area contributed by atoms with Crippen LogP contribution in [0.3, 0.4) is 0 Å². The minimum Gasteiger partial charge on any atom is -0.352 e. The topological polar surface area (TPSA) is 227 Å². The van der Waals surface area contributed by atoms with Gasteiger partial charge in [0.2, 0.25) is 23.0 Å². The molecule has 10 aromatic carbocycles. The van der Waals surface area contributed by atoms with Crippen molar-refractivity contribution in [2.75, 3.05) is 56.6 Å². The van der Waals surface area contributed by atoms with E-state index in [-0.39, 0.29) is 193 Å². The number of hydrogen-bond acceptors (Lipinski definition) is 13. The number of nitrogens with zero attached hydrogens (tertiary/aromatic N) is 5. The smallest absolute Gasteiger partial charge is 0.352 e. The molecule has 2 amide bonds. The molecular weight excluding hydrogens is 1980 g/mol. The van der Waals surface area contributed by atoms with E-state index < -0.39 is 31.8 Å².